The lowest BCUT2D eigenvalue weighted by Crippen LogP contribution is -2.74. The van der Waals surface area contributed by atoms with Gasteiger partial charge in [-0.05, 0) is 86.3 Å². The second-order valence-corrected chi connectivity index (χ2v) is 18.5. The van der Waals surface area contributed by atoms with Crippen molar-refractivity contribution in [3.8, 4) is 0 Å². The molecular weight excluding hydrogens is 635 g/mol. The van der Waals surface area contributed by atoms with Crippen LogP contribution in [0.3, 0.4) is 0 Å². The summed E-state index contributed by atoms with van der Waals surface area (Å²) in [5.41, 5.74) is -2.37. The topological polar surface area (TPSA) is 129 Å². The maximum absolute atomic E-state index is 15.1. The number of alkyl halides is 2. The quantitative estimate of drug-likeness (QED) is 0.290. The monoisotopic (exact) mass is 664 g/mol. The summed E-state index contributed by atoms with van der Waals surface area (Å²) in [4.78, 5) is 13.0. The summed E-state index contributed by atoms with van der Waals surface area (Å²) in [7, 11) is -15.6. The van der Waals surface area contributed by atoms with E-state index in [1.54, 1.807) is 6.07 Å². The van der Waals surface area contributed by atoms with Gasteiger partial charge in [0.25, 0.3) is 4.08 Å². The minimum absolute atomic E-state index is 0.179. The zero-order valence-electron chi connectivity index (χ0n) is 23.3. The van der Waals surface area contributed by atoms with E-state index in [-0.39, 0.29) is 29.6 Å². The zero-order chi connectivity index (χ0) is 31.5. The number of carbonyl (C=O) groups excluding carboxylic acids is 1. The molecule has 0 N–H and O–H groups in total. The molecule has 0 aliphatic heterocycles. The van der Waals surface area contributed by atoms with Crippen molar-refractivity contribution in [1.29, 1.82) is 0 Å². The molecule has 13 heteroatoms. The molecule has 4 fully saturated rings. The fraction of sp³-hybridized carbons (Fsp3) is 0.387. The Bertz CT molecular complexity index is 1800. The van der Waals surface area contributed by atoms with Crippen LogP contribution in [0.1, 0.15) is 32.1 Å². The lowest BCUT2D eigenvalue weighted by Gasteiger charge is -2.64. The van der Waals surface area contributed by atoms with Crippen molar-refractivity contribution in [1.82, 2.24) is 0 Å². The Morgan fingerprint density at radius 3 is 1.50 bits per heavy atom. The average Bonchev–Trinajstić information content (AvgIpc) is 2.97. The molecule has 3 atom stereocenters. The Balaban J connectivity index is 1.79. The van der Waals surface area contributed by atoms with Crippen molar-refractivity contribution in [3.05, 3.63) is 91.0 Å². The molecule has 0 spiro atoms. The first kappa shape index (κ1) is 30.8. The fourth-order valence-electron chi connectivity index (χ4n) is 8.55. The minimum atomic E-state index is -5.51. The van der Waals surface area contributed by atoms with Crippen LogP contribution >= 0.6 is 0 Å². The zero-order valence-corrected chi connectivity index (χ0v) is 25.8. The maximum Gasteiger partial charge on any atom is 0.389 e. The van der Waals surface area contributed by atoms with Crippen LogP contribution in [0, 0.1) is 23.2 Å². The van der Waals surface area contributed by atoms with E-state index in [9.17, 15) is 22.0 Å². The minimum Gasteiger partial charge on any atom is -0.401 e. The van der Waals surface area contributed by atoms with E-state index in [0.29, 0.717) is 19.3 Å². The average molecular weight is 665 g/mol. The summed E-state index contributed by atoms with van der Waals surface area (Å²) in [5, 5.41) is -1.70. The van der Waals surface area contributed by atoms with Crippen molar-refractivity contribution < 1.29 is 43.6 Å². The largest absolute Gasteiger partial charge is 0.401 e. The number of carbonyl (C=O) groups is 1. The van der Waals surface area contributed by atoms with E-state index < -0.39 is 72.5 Å². The number of ether oxygens (including phenoxy) is 1. The number of esters is 1. The van der Waals surface area contributed by atoms with E-state index in [1.165, 1.54) is 60.7 Å². The predicted octanol–water partition coefficient (Wildman–Crippen LogP) is 5.07. The summed E-state index contributed by atoms with van der Waals surface area (Å²) in [6.45, 7) is -3.88. The molecule has 0 amide bonds. The van der Waals surface area contributed by atoms with E-state index >= 15 is 16.8 Å². The highest BCUT2D eigenvalue weighted by atomic mass is 32.3. The van der Waals surface area contributed by atoms with E-state index in [0.717, 1.165) is 24.3 Å². The van der Waals surface area contributed by atoms with Crippen LogP contribution in [0.4, 0.5) is 8.78 Å². The summed E-state index contributed by atoms with van der Waals surface area (Å²) in [5.74, 6) is -3.58. The molecule has 4 aliphatic carbocycles. The molecule has 3 aromatic carbocycles. The summed E-state index contributed by atoms with van der Waals surface area (Å²) < 4.78 is 118. The third kappa shape index (κ3) is 4.29. The van der Waals surface area contributed by atoms with Gasteiger partial charge in [0.05, 0.1) is 19.9 Å². The van der Waals surface area contributed by atoms with Crippen LogP contribution in [0.2, 0.25) is 0 Å². The van der Waals surface area contributed by atoms with Gasteiger partial charge in [-0.15, -0.1) is 0 Å². The van der Waals surface area contributed by atoms with Crippen LogP contribution in [-0.4, -0.2) is 47.2 Å². The Morgan fingerprint density at radius 1 is 0.682 bits per heavy atom. The highest BCUT2D eigenvalue weighted by Gasteiger charge is 2.81. The van der Waals surface area contributed by atoms with Crippen molar-refractivity contribution in [2.75, 3.05) is 0 Å². The van der Waals surface area contributed by atoms with Crippen LogP contribution in [-0.2, 0) is 39.0 Å². The number of hydrogen-bond donors (Lipinski definition) is 0. The highest BCUT2D eigenvalue weighted by Crippen LogP contribution is 2.69. The molecule has 3 aromatic rings. The van der Waals surface area contributed by atoms with Gasteiger partial charge in [-0.25, -0.2) is 30.0 Å². The molecule has 234 valence electrons. The van der Waals surface area contributed by atoms with Crippen LogP contribution < -0.4 is 0 Å². The normalized spacial score (nSPS) is 26.9. The standard InChI is InChI=1S/C31H30F2O8S3/c32-29(33)41-28(34)31(43(37,38)25-12-6-2-7-13-25,44(39,40)26-14-8-3-9-15-26)30-19-21-16-22(20-30)18-23(17-21)27(30)42(35,36)24-10-4-1-5-11-24/h1-15,21-23,27,29H,16-20H2. The molecule has 4 bridgehead atoms. The van der Waals surface area contributed by atoms with E-state index in [4.69, 9.17) is 0 Å². The van der Waals surface area contributed by atoms with E-state index in [2.05, 4.69) is 4.74 Å². The molecule has 4 aliphatic rings. The Kier molecular flexibility index (Phi) is 7.52. The second kappa shape index (κ2) is 10.7. The van der Waals surface area contributed by atoms with Gasteiger partial charge in [-0.3, -0.25) is 0 Å². The van der Waals surface area contributed by atoms with Gasteiger partial charge in [0, 0.05) is 5.41 Å². The smallest absolute Gasteiger partial charge is 0.389 e. The van der Waals surface area contributed by atoms with E-state index in [1.807, 2.05) is 0 Å². The third-order valence-electron chi connectivity index (χ3n) is 9.61. The number of hydrogen-bond acceptors (Lipinski definition) is 8. The van der Waals surface area contributed by atoms with Crippen molar-refractivity contribution in [2.45, 2.75) is 62.7 Å². The van der Waals surface area contributed by atoms with Gasteiger partial charge in [-0.1, -0.05) is 54.6 Å². The van der Waals surface area contributed by atoms with Crippen molar-refractivity contribution in [2.24, 2.45) is 23.2 Å². The summed E-state index contributed by atoms with van der Waals surface area (Å²) >= 11 is 0. The molecule has 44 heavy (non-hydrogen) atoms. The van der Waals surface area contributed by atoms with Gasteiger partial charge in [0.2, 0.25) is 19.7 Å². The fourth-order valence-corrected chi connectivity index (χ4v) is 16.8. The Hall–Kier alpha value is -3.16. The highest BCUT2D eigenvalue weighted by molar-refractivity contribution is 8.11. The summed E-state index contributed by atoms with van der Waals surface area (Å²) in [6.07, 6.45) is 0.713. The van der Waals surface area contributed by atoms with Crippen LogP contribution in [0.25, 0.3) is 0 Å². The molecule has 7 rings (SSSR count). The second-order valence-electron chi connectivity index (χ2n) is 12.0. The molecule has 0 radical (unpaired) electrons. The number of benzene rings is 3. The van der Waals surface area contributed by atoms with Gasteiger partial charge in [0.1, 0.15) is 0 Å². The number of sulfone groups is 3. The molecule has 3 unspecified atom stereocenters. The van der Waals surface area contributed by atoms with Gasteiger partial charge < -0.3 is 4.74 Å². The first-order chi connectivity index (χ1) is 20.8. The first-order valence-electron chi connectivity index (χ1n) is 14.2. The maximum atomic E-state index is 15.1. The molecular formula is C31H30F2O8S3. The molecule has 4 saturated carbocycles. The Morgan fingerprint density at radius 2 is 1.09 bits per heavy atom. The van der Waals surface area contributed by atoms with Crippen LogP contribution in [0.5, 0.6) is 0 Å². The molecule has 8 nitrogen and oxygen atoms in total. The molecule has 0 aromatic heterocycles. The molecule has 0 saturated heterocycles. The summed E-state index contributed by atoms with van der Waals surface area (Å²) in [6, 6.07) is 19.7. The Labute approximate surface area is 255 Å². The number of rotatable bonds is 9. The van der Waals surface area contributed by atoms with Crippen molar-refractivity contribution in [3.63, 3.8) is 0 Å². The lowest BCUT2D eigenvalue weighted by atomic mass is 9.48. The SMILES string of the molecule is O=C(OC(F)F)C(C12CC3CC(CC(C3)C1S(=O)(=O)c1ccccc1)C2)(S(=O)(=O)c1ccccc1)S(=O)(=O)c1ccccc1. The third-order valence-corrected chi connectivity index (χ3v) is 17.8. The van der Waals surface area contributed by atoms with Crippen molar-refractivity contribution >= 4 is 35.5 Å². The predicted molar refractivity (Wildman–Crippen MR) is 155 cm³/mol. The van der Waals surface area contributed by atoms with Gasteiger partial charge >= 0.3 is 12.6 Å². The van der Waals surface area contributed by atoms with Gasteiger partial charge in [-0.2, -0.15) is 8.78 Å². The van der Waals surface area contributed by atoms with Crippen LogP contribution in [0.15, 0.2) is 106 Å². The first-order valence-corrected chi connectivity index (χ1v) is 18.7. The van der Waals surface area contributed by atoms with Gasteiger partial charge in [0.15, 0.2) is 9.84 Å². The number of halogens is 2. The lowest BCUT2D eigenvalue weighted by molar-refractivity contribution is -0.183. The molecule has 0 heterocycles.